The summed E-state index contributed by atoms with van der Waals surface area (Å²) in [5.41, 5.74) is 1.27. The molecule has 3 nitrogen and oxygen atoms in total. The first-order valence-electron chi connectivity index (χ1n) is 7.15. The Balaban J connectivity index is 1.91. The molecule has 0 amide bonds. The van der Waals surface area contributed by atoms with Crippen molar-refractivity contribution < 1.29 is 0 Å². The summed E-state index contributed by atoms with van der Waals surface area (Å²) in [7, 11) is 2.04. The summed E-state index contributed by atoms with van der Waals surface area (Å²) < 4.78 is 0. The largest absolute Gasteiger partial charge is 0.320 e. The average Bonchev–Trinajstić information content (AvgIpc) is 2.85. The molecule has 2 rings (SSSR count). The number of aryl methyl sites for hydroxylation is 1. The zero-order valence-electron chi connectivity index (χ0n) is 11.6. The molecular weight excluding hydrogens is 242 g/mol. The van der Waals surface area contributed by atoms with Crippen molar-refractivity contribution in [3.05, 3.63) is 16.1 Å². The molecule has 1 aliphatic rings. The quantitative estimate of drug-likeness (QED) is 0.859. The summed E-state index contributed by atoms with van der Waals surface area (Å²) in [6.07, 6.45) is 6.42. The van der Waals surface area contributed by atoms with Crippen LogP contribution < -0.4 is 5.32 Å². The van der Waals surface area contributed by atoms with Crippen LogP contribution in [0.1, 0.15) is 43.3 Å². The molecule has 1 atom stereocenters. The van der Waals surface area contributed by atoms with Gasteiger partial charge in [0, 0.05) is 18.0 Å². The monoisotopic (exact) mass is 267 g/mol. The van der Waals surface area contributed by atoms with E-state index in [1.165, 1.54) is 42.9 Å². The minimum Gasteiger partial charge on any atom is -0.320 e. The van der Waals surface area contributed by atoms with Gasteiger partial charge in [0.1, 0.15) is 0 Å². The van der Waals surface area contributed by atoms with Gasteiger partial charge in [0.25, 0.3) is 0 Å². The first kappa shape index (κ1) is 14.0. The normalized spacial score (nSPS) is 21.3. The third-order valence-electron chi connectivity index (χ3n) is 3.74. The van der Waals surface area contributed by atoms with Crippen molar-refractivity contribution in [1.29, 1.82) is 0 Å². The minimum absolute atomic E-state index is 0.748. The highest BCUT2D eigenvalue weighted by Crippen LogP contribution is 2.22. The smallest absolute Gasteiger partial charge is 0.0926 e. The van der Waals surface area contributed by atoms with Gasteiger partial charge in [0.05, 0.1) is 10.7 Å². The van der Waals surface area contributed by atoms with Gasteiger partial charge in [0.2, 0.25) is 0 Å². The average molecular weight is 267 g/mol. The molecule has 1 aromatic heterocycles. The van der Waals surface area contributed by atoms with E-state index in [2.05, 4.69) is 22.5 Å². The summed E-state index contributed by atoms with van der Waals surface area (Å²) in [5, 5.41) is 6.78. The Labute approximate surface area is 115 Å². The van der Waals surface area contributed by atoms with Crippen LogP contribution in [0.4, 0.5) is 0 Å². The van der Waals surface area contributed by atoms with Crippen LogP contribution in [-0.2, 0) is 13.0 Å². The first-order chi connectivity index (χ1) is 8.83. The third-order valence-corrected chi connectivity index (χ3v) is 4.79. The van der Waals surface area contributed by atoms with Crippen LogP contribution in [-0.4, -0.2) is 36.1 Å². The van der Waals surface area contributed by atoms with Gasteiger partial charge in [-0.1, -0.05) is 13.3 Å². The van der Waals surface area contributed by atoms with Crippen molar-refractivity contribution in [3.8, 4) is 0 Å². The van der Waals surface area contributed by atoms with E-state index in [9.17, 15) is 0 Å². The van der Waals surface area contributed by atoms with Crippen molar-refractivity contribution in [2.24, 2.45) is 0 Å². The zero-order chi connectivity index (χ0) is 12.8. The lowest BCUT2D eigenvalue weighted by molar-refractivity contribution is 0.131. The number of hydrogen-bond acceptors (Lipinski definition) is 4. The maximum atomic E-state index is 4.70. The van der Waals surface area contributed by atoms with E-state index in [4.69, 9.17) is 4.98 Å². The van der Waals surface area contributed by atoms with Crippen molar-refractivity contribution in [3.63, 3.8) is 0 Å². The lowest BCUT2D eigenvalue weighted by Gasteiger charge is -2.35. The summed E-state index contributed by atoms with van der Waals surface area (Å²) in [5.74, 6) is 0. The van der Waals surface area contributed by atoms with Gasteiger partial charge in [-0.05, 0) is 45.8 Å². The maximum absolute atomic E-state index is 4.70. The van der Waals surface area contributed by atoms with Crippen LogP contribution in [0.15, 0.2) is 5.38 Å². The molecule has 1 aromatic rings. The fourth-order valence-corrected chi connectivity index (χ4v) is 3.43. The van der Waals surface area contributed by atoms with Gasteiger partial charge in [-0.15, -0.1) is 11.3 Å². The van der Waals surface area contributed by atoms with Crippen molar-refractivity contribution in [1.82, 2.24) is 15.2 Å². The lowest BCUT2D eigenvalue weighted by Crippen LogP contribution is -2.40. The van der Waals surface area contributed by atoms with E-state index in [0.29, 0.717) is 0 Å². The molecule has 0 bridgehead atoms. The van der Waals surface area contributed by atoms with Crippen LogP contribution in [0.25, 0.3) is 0 Å². The van der Waals surface area contributed by atoms with Crippen molar-refractivity contribution in [2.75, 3.05) is 20.1 Å². The summed E-state index contributed by atoms with van der Waals surface area (Å²) in [4.78, 5) is 7.33. The second-order valence-corrected chi connectivity index (χ2v) is 6.04. The lowest BCUT2D eigenvalue weighted by atomic mass is 9.99. The molecule has 1 N–H and O–H groups in total. The SMILES string of the molecule is CCc1nc(CN2CCCCC2CCNC)cs1. The standard InChI is InChI=1S/C14H25N3S/c1-3-14-16-12(11-18-14)10-17-9-5-4-6-13(17)7-8-15-2/h11,13,15H,3-10H2,1-2H3. The molecule has 2 heterocycles. The molecule has 0 spiro atoms. The Hall–Kier alpha value is -0.450. The Morgan fingerprint density at radius 1 is 1.50 bits per heavy atom. The number of piperidine rings is 1. The highest BCUT2D eigenvalue weighted by Gasteiger charge is 2.22. The highest BCUT2D eigenvalue weighted by atomic mass is 32.1. The minimum atomic E-state index is 0.748. The Morgan fingerprint density at radius 2 is 2.39 bits per heavy atom. The molecule has 0 aromatic carbocycles. The second-order valence-electron chi connectivity index (χ2n) is 5.10. The Bertz CT molecular complexity index is 351. The van der Waals surface area contributed by atoms with Crippen LogP contribution >= 0.6 is 11.3 Å². The molecule has 1 fully saturated rings. The van der Waals surface area contributed by atoms with E-state index in [1.54, 1.807) is 0 Å². The van der Waals surface area contributed by atoms with Crippen molar-refractivity contribution >= 4 is 11.3 Å². The van der Waals surface area contributed by atoms with Gasteiger partial charge >= 0.3 is 0 Å². The number of likely N-dealkylation sites (tertiary alicyclic amines) is 1. The Kier molecular flexibility index (Phi) is 5.60. The molecule has 18 heavy (non-hydrogen) atoms. The molecule has 1 unspecified atom stereocenters. The third kappa shape index (κ3) is 3.77. The number of nitrogens with zero attached hydrogens (tertiary/aromatic N) is 2. The molecular formula is C14H25N3S. The van der Waals surface area contributed by atoms with Gasteiger partial charge < -0.3 is 5.32 Å². The van der Waals surface area contributed by atoms with Crippen LogP contribution in [0.3, 0.4) is 0 Å². The fourth-order valence-electron chi connectivity index (χ4n) is 2.70. The van der Waals surface area contributed by atoms with E-state index in [0.717, 1.165) is 25.6 Å². The van der Waals surface area contributed by atoms with Gasteiger partial charge in [-0.3, -0.25) is 4.90 Å². The van der Waals surface area contributed by atoms with E-state index in [-0.39, 0.29) is 0 Å². The topological polar surface area (TPSA) is 28.2 Å². The molecule has 102 valence electrons. The predicted octanol–water partition coefficient (Wildman–Crippen LogP) is 2.67. The van der Waals surface area contributed by atoms with Crippen molar-refractivity contribution in [2.45, 2.75) is 51.6 Å². The first-order valence-corrected chi connectivity index (χ1v) is 8.03. The summed E-state index contributed by atoms with van der Waals surface area (Å²) in [6.45, 7) is 5.59. The molecule has 1 aliphatic heterocycles. The van der Waals surface area contributed by atoms with Crippen LogP contribution in [0.2, 0.25) is 0 Å². The molecule has 0 radical (unpaired) electrons. The van der Waals surface area contributed by atoms with Gasteiger partial charge in [-0.2, -0.15) is 0 Å². The Morgan fingerprint density at radius 3 is 3.11 bits per heavy atom. The zero-order valence-corrected chi connectivity index (χ0v) is 12.4. The number of thiazole rings is 1. The summed E-state index contributed by atoms with van der Waals surface area (Å²) in [6, 6.07) is 0.748. The highest BCUT2D eigenvalue weighted by molar-refractivity contribution is 7.09. The fraction of sp³-hybridized carbons (Fsp3) is 0.786. The second kappa shape index (κ2) is 7.22. The van der Waals surface area contributed by atoms with E-state index < -0.39 is 0 Å². The van der Waals surface area contributed by atoms with Gasteiger partial charge in [0.15, 0.2) is 0 Å². The number of hydrogen-bond donors (Lipinski definition) is 1. The summed E-state index contributed by atoms with van der Waals surface area (Å²) >= 11 is 1.81. The molecule has 4 heteroatoms. The van der Waals surface area contributed by atoms with E-state index >= 15 is 0 Å². The number of aromatic nitrogens is 1. The molecule has 1 saturated heterocycles. The molecule has 0 aliphatic carbocycles. The predicted molar refractivity (Wildman–Crippen MR) is 78.1 cm³/mol. The van der Waals surface area contributed by atoms with Gasteiger partial charge in [-0.25, -0.2) is 4.98 Å². The number of nitrogens with one attached hydrogen (secondary N) is 1. The van der Waals surface area contributed by atoms with E-state index in [1.807, 2.05) is 18.4 Å². The molecule has 0 saturated carbocycles. The maximum Gasteiger partial charge on any atom is 0.0926 e. The van der Waals surface area contributed by atoms with Crippen LogP contribution in [0.5, 0.6) is 0 Å². The number of rotatable bonds is 6. The van der Waals surface area contributed by atoms with Crippen LogP contribution in [0, 0.1) is 0 Å².